The average Bonchev–Trinajstić information content (AvgIpc) is 2.68. The predicted octanol–water partition coefficient (Wildman–Crippen LogP) is -2.63. The van der Waals surface area contributed by atoms with Gasteiger partial charge in [-0.1, -0.05) is 0 Å². The molecule has 0 aliphatic carbocycles. The second-order valence-corrected chi connectivity index (χ2v) is 8.73. The summed E-state index contributed by atoms with van der Waals surface area (Å²) >= 11 is 2.31. The Morgan fingerprint density at radius 1 is 1.40 bits per heavy atom. The third-order valence-electron chi connectivity index (χ3n) is 4.61. The zero-order chi connectivity index (χ0) is 22.6. The summed E-state index contributed by atoms with van der Waals surface area (Å²) in [6.45, 7) is 0. The van der Waals surface area contributed by atoms with E-state index in [0.717, 1.165) is 16.3 Å². The Labute approximate surface area is 180 Å². The molecule has 3 atom stereocenters. The summed E-state index contributed by atoms with van der Waals surface area (Å²) in [6.07, 6.45) is 0.231. The van der Waals surface area contributed by atoms with Gasteiger partial charge in [0.2, 0.25) is 23.0 Å². The molecular formula is C16H24N5O7S2+. The van der Waals surface area contributed by atoms with Gasteiger partial charge in [0, 0.05) is 24.9 Å². The van der Waals surface area contributed by atoms with Gasteiger partial charge in [-0.3, -0.25) is 19.3 Å². The SMILES string of the molecule is CO[C@@]1(NC(=O)CCCC(N)C(=O)O)C(=O)N2C(C(=O)O)=C(C[S+]=C(N)N)CS[C@H]21. The summed E-state index contributed by atoms with van der Waals surface area (Å²) < 4.78 is 5.33. The molecule has 0 aromatic heterocycles. The summed E-state index contributed by atoms with van der Waals surface area (Å²) in [5.41, 5.74) is 14.9. The van der Waals surface area contributed by atoms with Crippen molar-refractivity contribution in [2.75, 3.05) is 18.6 Å². The van der Waals surface area contributed by atoms with Crippen LogP contribution in [0.15, 0.2) is 11.3 Å². The monoisotopic (exact) mass is 462 g/mol. The highest BCUT2D eigenvalue weighted by Crippen LogP contribution is 2.46. The molecule has 12 nitrogen and oxygen atoms in total. The standard InChI is InChI=1S/C16H23N5O7S2/c1-28-16(20-9(22)4-2-3-8(17)11(23)24)13(27)21-10(12(25)26)7(5-29-14(16)21)6-30-15(18)19/h8,14H,2-6,17-19H2,1H3,(H2-,20,22,23,24,25,26)/p+1/t8?,14-,16-/m0/s1. The van der Waals surface area contributed by atoms with Crippen LogP contribution in [-0.2, 0) is 35.3 Å². The molecule has 1 saturated heterocycles. The largest absolute Gasteiger partial charge is 0.480 e. The first-order valence-corrected chi connectivity index (χ1v) is 10.8. The highest BCUT2D eigenvalue weighted by Gasteiger charge is 2.66. The lowest BCUT2D eigenvalue weighted by Crippen LogP contribution is -2.80. The van der Waals surface area contributed by atoms with Crippen LogP contribution in [0.1, 0.15) is 19.3 Å². The van der Waals surface area contributed by atoms with Crippen LogP contribution < -0.4 is 22.5 Å². The number of thioether (sulfide) groups is 1. The van der Waals surface area contributed by atoms with Crippen molar-refractivity contribution in [3.8, 4) is 0 Å². The Hall–Kier alpha value is -2.10. The molecule has 0 saturated carbocycles. The Bertz CT molecular complexity index is 814. The molecule has 9 N–H and O–H groups in total. The number of nitrogens with two attached hydrogens (primary N) is 3. The number of rotatable bonds is 10. The first kappa shape index (κ1) is 24.2. The molecule has 0 bridgehead atoms. The molecule has 0 spiro atoms. The van der Waals surface area contributed by atoms with E-state index in [1.54, 1.807) is 0 Å². The van der Waals surface area contributed by atoms with Gasteiger partial charge in [0.05, 0.1) is 0 Å². The number of carbonyl (C=O) groups excluding carboxylic acids is 2. The number of carbonyl (C=O) groups is 4. The molecule has 0 aromatic carbocycles. The molecule has 0 radical (unpaired) electrons. The number of nitrogens with one attached hydrogen (secondary N) is 1. The summed E-state index contributed by atoms with van der Waals surface area (Å²) in [5.74, 6) is -3.19. The van der Waals surface area contributed by atoms with E-state index >= 15 is 0 Å². The number of aliphatic carboxylic acids is 2. The fourth-order valence-electron chi connectivity index (χ4n) is 3.10. The zero-order valence-electron chi connectivity index (χ0n) is 16.1. The third kappa shape index (κ3) is 4.79. The summed E-state index contributed by atoms with van der Waals surface area (Å²) in [4.78, 5) is 48.8. The van der Waals surface area contributed by atoms with Crippen molar-refractivity contribution in [1.82, 2.24) is 10.2 Å². The Morgan fingerprint density at radius 3 is 2.60 bits per heavy atom. The number of amides is 2. The number of carboxylic acid groups (broad SMARTS) is 2. The summed E-state index contributed by atoms with van der Waals surface area (Å²) in [6, 6.07) is -1.08. The molecule has 0 aromatic rings. The molecule has 14 heteroatoms. The lowest BCUT2D eigenvalue weighted by Gasteiger charge is -2.55. The summed E-state index contributed by atoms with van der Waals surface area (Å²) in [7, 11) is 1.25. The molecule has 1 unspecified atom stereocenters. The second-order valence-electron chi connectivity index (χ2n) is 6.61. The number of β-lactam (4-membered cyclic amide) rings is 1. The van der Waals surface area contributed by atoms with Crippen LogP contribution in [0.3, 0.4) is 0 Å². The minimum absolute atomic E-state index is 0.0636. The van der Waals surface area contributed by atoms with E-state index < -0.39 is 40.9 Å². The van der Waals surface area contributed by atoms with E-state index in [9.17, 15) is 24.3 Å². The molecule has 2 amide bonds. The van der Waals surface area contributed by atoms with Crippen LogP contribution in [-0.4, -0.2) is 79.7 Å². The van der Waals surface area contributed by atoms with Gasteiger partial charge in [0.15, 0.2) is 0 Å². The van der Waals surface area contributed by atoms with Gasteiger partial charge in [-0.2, -0.15) is 0 Å². The van der Waals surface area contributed by atoms with Gasteiger partial charge in [-0.25, -0.2) is 16.3 Å². The maximum atomic E-state index is 12.9. The van der Waals surface area contributed by atoms with Crippen molar-refractivity contribution in [1.29, 1.82) is 0 Å². The molecule has 30 heavy (non-hydrogen) atoms. The van der Waals surface area contributed by atoms with E-state index in [0.29, 0.717) is 5.57 Å². The third-order valence-corrected chi connectivity index (χ3v) is 6.81. The van der Waals surface area contributed by atoms with E-state index in [2.05, 4.69) is 5.32 Å². The quantitative estimate of drug-likeness (QED) is 0.0855. The molecule has 2 rings (SSSR count). The lowest BCUT2D eigenvalue weighted by atomic mass is 9.98. The molecule has 2 heterocycles. The minimum Gasteiger partial charge on any atom is -0.480 e. The topological polar surface area (TPSA) is 211 Å². The maximum absolute atomic E-state index is 12.9. The predicted molar refractivity (Wildman–Crippen MR) is 111 cm³/mol. The molecular weight excluding hydrogens is 438 g/mol. The van der Waals surface area contributed by atoms with E-state index in [-0.39, 0.29) is 41.6 Å². The Balaban J connectivity index is 2.13. The van der Waals surface area contributed by atoms with Crippen molar-refractivity contribution in [2.24, 2.45) is 17.2 Å². The van der Waals surface area contributed by atoms with Crippen LogP contribution in [0, 0.1) is 0 Å². The van der Waals surface area contributed by atoms with E-state index in [4.69, 9.17) is 27.0 Å². The van der Waals surface area contributed by atoms with Gasteiger partial charge in [0.25, 0.3) is 11.6 Å². The minimum atomic E-state index is -1.70. The Kier molecular flexibility index (Phi) is 7.90. The van der Waals surface area contributed by atoms with Gasteiger partial charge >= 0.3 is 17.1 Å². The number of ether oxygens (including phenoxy) is 1. The van der Waals surface area contributed by atoms with E-state index in [1.807, 2.05) is 0 Å². The van der Waals surface area contributed by atoms with E-state index in [1.165, 1.54) is 18.9 Å². The van der Waals surface area contributed by atoms with Crippen molar-refractivity contribution >= 4 is 52.0 Å². The average molecular weight is 463 g/mol. The lowest BCUT2D eigenvalue weighted by molar-refractivity contribution is -0.192. The van der Waals surface area contributed by atoms with Crippen LogP contribution in [0.4, 0.5) is 0 Å². The number of fused-ring (bicyclic) bond motifs is 1. The van der Waals surface area contributed by atoms with Crippen LogP contribution in [0.25, 0.3) is 0 Å². The molecule has 1 fully saturated rings. The fraction of sp³-hybridized carbons (Fsp3) is 0.562. The van der Waals surface area contributed by atoms with Gasteiger partial charge in [-0.15, -0.1) is 11.8 Å². The highest BCUT2D eigenvalue weighted by atomic mass is 32.2. The molecule has 166 valence electrons. The van der Waals surface area contributed by atoms with Crippen molar-refractivity contribution in [3.63, 3.8) is 0 Å². The van der Waals surface area contributed by atoms with Crippen molar-refractivity contribution < 1.29 is 34.1 Å². The van der Waals surface area contributed by atoms with Gasteiger partial charge in [-0.05, 0) is 12.8 Å². The molecule has 2 aliphatic rings. The van der Waals surface area contributed by atoms with Crippen LogP contribution >= 0.6 is 11.8 Å². The van der Waals surface area contributed by atoms with Crippen LogP contribution in [0.5, 0.6) is 0 Å². The number of methoxy groups -OCH3 is 1. The normalized spacial score (nSPS) is 23.9. The van der Waals surface area contributed by atoms with Crippen molar-refractivity contribution in [3.05, 3.63) is 11.3 Å². The smallest absolute Gasteiger partial charge is 0.352 e. The number of carboxylic acids is 2. The first-order valence-electron chi connectivity index (χ1n) is 8.81. The number of nitrogens with zero attached hydrogens (tertiary/aromatic N) is 1. The zero-order valence-corrected chi connectivity index (χ0v) is 17.8. The summed E-state index contributed by atoms with van der Waals surface area (Å²) in [5, 5.41) is 20.2. The number of hydrogen-bond donors (Lipinski definition) is 6. The maximum Gasteiger partial charge on any atom is 0.352 e. The fourth-order valence-corrected chi connectivity index (χ4v) is 5.25. The molecule has 2 aliphatic heterocycles. The number of hydrogen-bond acceptors (Lipinski definition) is 7. The Morgan fingerprint density at radius 2 is 2.07 bits per heavy atom. The first-order chi connectivity index (χ1) is 14.0. The second kappa shape index (κ2) is 9.80. The van der Waals surface area contributed by atoms with Gasteiger partial charge < -0.3 is 26.0 Å². The van der Waals surface area contributed by atoms with Gasteiger partial charge in [0.1, 0.15) is 17.1 Å². The van der Waals surface area contributed by atoms with Crippen LogP contribution in [0.2, 0.25) is 0 Å². The highest BCUT2D eigenvalue weighted by molar-refractivity contribution is 8.00. The van der Waals surface area contributed by atoms with Crippen molar-refractivity contribution in [2.45, 2.75) is 36.4 Å².